The van der Waals surface area contributed by atoms with E-state index in [-0.39, 0.29) is 5.56 Å². The molecule has 0 aliphatic rings. The van der Waals surface area contributed by atoms with E-state index >= 15 is 0 Å². The molecule has 0 aliphatic carbocycles. The first-order valence-corrected chi connectivity index (χ1v) is 4.69. The highest BCUT2D eigenvalue weighted by molar-refractivity contribution is 6.31. The van der Waals surface area contributed by atoms with Crippen molar-refractivity contribution in [2.24, 2.45) is 5.73 Å². The molecule has 0 aliphatic heterocycles. The highest BCUT2D eigenvalue weighted by Gasteiger charge is 2.24. The van der Waals surface area contributed by atoms with E-state index in [1.165, 1.54) is 12.1 Å². The Balaban J connectivity index is 3.01. The van der Waals surface area contributed by atoms with Crippen LogP contribution in [0.5, 0.6) is 0 Å². The Hall–Kier alpha value is -0.670. The zero-order valence-corrected chi connectivity index (χ0v) is 8.61. The largest absolute Gasteiger partial charge is 0.330 e. The third-order valence-electron chi connectivity index (χ3n) is 1.97. The van der Waals surface area contributed by atoms with Gasteiger partial charge in [0.2, 0.25) is 0 Å². The van der Waals surface area contributed by atoms with Crippen LogP contribution in [0.2, 0.25) is 5.02 Å². The summed E-state index contributed by atoms with van der Waals surface area (Å²) in [7, 11) is 0. The molecule has 0 atom stereocenters. The maximum Gasteiger partial charge on any atom is 0.270 e. The molecule has 0 aromatic heterocycles. The molecule has 0 amide bonds. The summed E-state index contributed by atoms with van der Waals surface area (Å²) in [5.41, 5.74) is 6.09. The number of alkyl halides is 2. The van der Waals surface area contributed by atoms with E-state index in [1.807, 2.05) is 0 Å². The van der Waals surface area contributed by atoms with E-state index in [0.717, 1.165) is 12.5 Å². The normalized spacial score (nSPS) is 11.8. The molecule has 0 spiro atoms. The van der Waals surface area contributed by atoms with Crippen LogP contribution in [0.4, 0.5) is 8.78 Å². The Kier molecular flexibility index (Phi) is 3.45. The van der Waals surface area contributed by atoms with E-state index in [2.05, 4.69) is 0 Å². The van der Waals surface area contributed by atoms with E-state index < -0.39 is 5.92 Å². The molecule has 1 nitrogen and oxygen atoms in total. The van der Waals surface area contributed by atoms with E-state index in [9.17, 15) is 8.78 Å². The summed E-state index contributed by atoms with van der Waals surface area (Å²) in [6.45, 7) is 1.31. The highest BCUT2D eigenvalue weighted by atomic mass is 35.5. The van der Waals surface area contributed by atoms with Crippen molar-refractivity contribution in [2.75, 3.05) is 6.54 Å². The summed E-state index contributed by atoms with van der Waals surface area (Å²) in [5.74, 6) is -2.84. The second-order valence-electron chi connectivity index (χ2n) is 3.23. The van der Waals surface area contributed by atoms with Crippen molar-refractivity contribution in [1.82, 2.24) is 0 Å². The Bertz CT molecular complexity index is 320. The molecule has 2 N–H and O–H groups in total. The Morgan fingerprint density at radius 2 is 2.07 bits per heavy atom. The predicted octanol–water partition coefficient (Wildman–Crippen LogP) is 2.95. The minimum Gasteiger partial charge on any atom is -0.330 e. The number of nitrogens with two attached hydrogens (primary N) is 1. The lowest BCUT2D eigenvalue weighted by molar-refractivity contribution is 0.0175. The van der Waals surface area contributed by atoms with Gasteiger partial charge in [-0.1, -0.05) is 23.7 Å². The van der Waals surface area contributed by atoms with Crippen LogP contribution >= 0.6 is 11.6 Å². The maximum atomic E-state index is 12.9. The second-order valence-corrected chi connectivity index (χ2v) is 3.64. The molecule has 78 valence electrons. The maximum absolute atomic E-state index is 12.9. The monoisotopic (exact) mass is 219 g/mol. The molecule has 0 unspecified atom stereocenters. The van der Waals surface area contributed by atoms with Crippen LogP contribution in [0, 0.1) is 0 Å². The van der Waals surface area contributed by atoms with Gasteiger partial charge >= 0.3 is 0 Å². The minimum atomic E-state index is -2.84. The van der Waals surface area contributed by atoms with Crippen LogP contribution in [0.1, 0.15) is 18.1 Å². The molecular formula is C10H12ClF2N. The zero-order valence-electron chi connectivity index (χ0n) is 7.86. The van der Waals surface area contributed by atoms with Crippen molar-refractivity contribution in [3.8, 4) is 0 Å². The smallest absolute Gasteiger partial charge is 0.270 e. The van der Waals surface area contributed by atoms with Gasteiger partial charge in [-0.3, -0.25) is 0 Å². The molecule has 1 aromatic carbocycles. The lowest BCUT2D eigenvalue weighted by Gasteiger charge is -2.12. The van der Waals surface area contributed by atoms with Crippen molar-refractivity contribution in [3.05, 3.63) is 34.3 Å². The Morgan fingerprint density at radius 1 is 1.43 bits per heavy atom. The van der Waals surface area contributed by atoms with Crippen LogP contribution in [0.15, 0.2) is 18.2 Å². The average Bonchev–Trinajstić information content (AvgIpc) is 2.07. The summed E-state index contributed by atoms with van der Waals surface area (Å²) in [6, 6.07) is 4.28. The van der Waals surface area contributed by atoms with Crippen LogP contribution < -0.4 is 5.73 Å². The fraction of sp³-hybridized carbons (Fsp3) is 0.400. The first kappa shape index (κ1) is 11.4. The Morgan fingerprint density at radius 3 is 2.50 bits per heavy atom. The number of hydrogen-bond donors (Lipinski definition) is 1. The van der Waals surface area contributed by atoms with Crippen molar-refractivity contribution < 1.29 is 8.78 Å². The summed E-state index contributed by atoms with van der Waals surface area (Å²) < 4.78 is 25.7. The van der Waals surface area contributed by atoms with E-state index in [0.29, 0.717) is 18.0 Å². The van der Waals surface area contributed by atoms with Gasteiger partial charge in [-0.15, -0.1) is 0 Å². The van der Waals surface area contributed by atoms with Gasteiger partial charge in [0.15, 0.2) is 0 Å². The van der Waals surface area contributed by atoms with Crippen molar-refractivity contribution in [1.29, 1.82) is 0 Å². The summed E-state index contributed by atoms with van der Waals surface area (Å²) in [4.78, 5) is 0. The van der Waals surface area contributed by atoms with Gasteiger partial charge in [-0.2, -0.15) is 0 Å². The van der Waals surface area contributed by atoms with Crippen molar-refractivity contribution >= 4 is 11.6 Å². The van der Waals surface area contributed by atoms with Gasteiger partial charge in [0.05, 0.1) is 0 Å². The molecule has 0 heterocycles. The standard InChI is InChI=1S/C10H12ClF2N/c1-10(12,13)8-3-2-7(4-5-14)9(11)6-8/h2-3,6H,4-5,14H2,1H3. The molecule has 14 heavy (non-hydrogen) atoms. The Labute approximate surface area is 86.9 Å². The van der Waals surface area contributed by atoms with Gasteiger partial charge in [0.25, 0.3) is 5.92 Å². The first-order valence-electron chi connectivity index (χ1n) is 4.32. The predicted molar refractivity (Wildman–Crippen MR) is 53.8 cm³/mol. The van der Waals surface area contributed by atoms with Gasteiger partial charge in [-0.05, 0) is 24.6 Å². The van der Waals surface area contributed by atoms with Crippen LogP contribution in [0.3, 0.4) is 0 Å². The fourth-order valence-corrected chi connectivity index (χ4v) is 1.45. The van der Waals surface area contributed by atoms with Gasteiger partial charge in [-0.25, -0.2) is 8.78 Å². The SMILES string of the molecule is CC(F)(F)c1ccc(CCN)c(Cl)c1. The lowest BCUT2D eigenvalue weighted by atomic mass is 10.1. The molecule has 1 rings (SSSR count). The molecule has 0 bridgehead atoms. The molecule has 0 saturated carbocycles. The second kappa shape index (κ2) is 4.24. The summed E-state index contributed by atoms with van der Waals surface area (Å²) in [5, 5.41) is 0.356. The highest BCUT2D eigenvalue weighted by Crippen LogP contribution is 2.30. The summed E-state index contributed by atoms with van der Waals surface area (Å²) in [6.07, 6.45) is 0.606. The number of halogens is 3. The van der Waals surface area contributed by atoms with E-state index in [1.54, 1.807) is 6.07 Å². The molecule has 0 saturated heterocycles. The molecule has 0 fully saturated rings. The molecule has 4 heteroatoms. The summed E-state index contributed by atoms with van der Waals surface area (Å²) >= 11 is 5.83. The van der Waals surface area contributed by atoms with Gasteiger partial charge in [0.1, 0.15) is 0 Å². The average molecular weight is 220 g/mol. The minimum absolute atomic E-state index is 0.0664. The fourth-order valence-electron chi connectivity index (χ4n) is 1.18. The van der Waals surface area contributed by atoms with Gasteiger partial charge < -0.3 is 5.73 Å². The van der Waals surface area contributed by atoms with Crippen LogP contribution in [0.25, 0.3) is 0 Å². The van der Waals surface area contributed by atoms with Crippen molar-refractivity contribution in [2.45, 2.75) is 19.3 Å². The third kappa shape index (κ3) is 2.66. The molecule has 1 aromatic rings. The van der Waals surface area contributed by atoms with E-state index in [4.69, 9.17) is 17.3 Å². The zero-order chi connectivity index (χ0) is 10.8. The number of rotatable bonds is 3. The lowest BCUT2D eigenvalue weighted by Crippen LogP contribution is -2.08. The number of benzene rings is 1. The van der Waals surface area contributed by atoms with Crippen LogP contribution in [-0.2, 0) is 12.3 Å². The molecular weight excluding hydrogens is 208 g/mol. The van der Waals surface area contributed by atoms with Crippen LogP contribution in [-0.4, -0.2) is 6.54 Å². The number of hydrogen-bond acceptors (Lipinski definition) is 1. The first-order chi connectivity index (χ1) is 6.45. The quantitative estimate of drug-likeness (QED) is 0.831. The third-order valence-corrected chi connectivity index (χ3v) is 2.33. The molecule has 0 radical (unpaired) electrons. The van der Waals surface area contributed by atoms with Gasteiger partial charge in [0, 0.05) is 17.5 Å². The van der Waals surface area contributed by atoms with Crippen molar-refractivity contribution in [3.63, 3.8) is 0 Å². The topological polar surface area (TPSA) is 26.0 Å².